The maximum atomic E-state index is 11.2. The Kier molecular flexibility index (Phi) is 3.83. The van der Waals surface area contributed by atoms with Crippen LogP contribution in [-0.4, -0.2) is 15.5 Å². The van der Waals surface area contributed by atoms with Crippen molar-refractivity contribution < 1.29 is 4.79 Å². The number of nitrogens with one attached hydrogen (secondary N) is 1. The first-order valence-corrected chi connectivity index (χ1v) is 7.52. The Morgan fingerprint density at radius 2 is 2.24 bits per heavy atom. The Labute approximate surface area is 127 Å². The van der Waals surface area contributed by atoms with E-state index in [1.165, 1.54) is 11.8 Å². The van der Waals surface area contributed by atoms with Gasteiger partial charge >= 0.3 is 0 Å². The molecule has 0 bridgehead atoms. The van der Waals surface area contributed by atoms with E-state index in [2.05, 4.69) is 26.3 Å². The summed E-state index contributed by atoms with van der Waals surface area (Å²) in [5, 5.41) is 4.87. The molecule has 1 aromatic carbocycles. The number of aromatic nitrogens is 2. The number of nitrogens with zero attached hydrogens (tertiary/aromatic N) is 2. The largest absolute Gasteiger partial charge is 0.326 e. The lowest BCUT2D eigenvalue weighted by Gasteiger charge is -2.08. The van der Waals surface area contributed by atoms with Crippen molar-refractivity contribution in [3.63, 3.8) is 0 Å². The van der Waals surface area contributed by atoms with Gasteiger partial charge in [-0.2, -0.15) is 0 Å². The minimum Gasteiger partial charge on any atom is -0.326 e. The summed E-state index contributed by atoms with van der Waals surface area (Å²) in [5.74, 6) is 0.824. The summed E-state index contributed by atoms with van der Waals surface area (Å²) in [7, 11) is 0. The van der Waals surface area contributed by atoms with Gasteiger partial charge in [0.15, 0.2) is 0 Å². The molecule has 0 aliphatic carbocycles. The van der Waals surface area contributed by atoms with E-state index < -0.39 is 0 Å². The molecule has 0 atom stereocenters. The van der Waals surface area contributed by atoms with Crippen LogP contribution in [0.25, 0.3) is 11.4 Å². The van der Waals surface area contributed by atoms with Crippen LogP contribution in [0.1, 0.15) is 11.8 Å². The second kappa shape index (κ2) is 5.93. The number of benzene rings is 1. The van der Waals surface area contributed by atoms with Crippen LogP contribution < -0.4 is 5.32 Å². The molecule has 0 saturated carbocycles. The van der Waals surface area contributed by atoms with Gasteiger partial charge in [-0.05, 0) is 23.6 Å². The predicted molar refractivity (Wildman–Crippen MR) is 85.4 cm³/mol. The third-order valence-corrected chi connectivity index (χ3v) is 3.92. The van der Waals surface area contributed by atoms with Crippen LogP contribution in [-0.2, 0) is 11.3 Å². The monoisotopic (exact) mass is 297 g/mol. The van der Waals surface area contributed by atoms with E-state index >= 15 is 0 Å². The first-order chi connectivity index (χ1) is 10.2. The molecule has 0 unspecified atom stereocenters. The van der Waals surface area contributed by atoms with Crippen molar-refractivity contribution in [1.82, 2.24) is 9.55 Å². The van der Waals surface area contributed by atoms with E-state index in [9.17, 15) is 4.79 Å². The Bertz CT molecular complexity index is 746. The average molecular weight is 297 g/mol. The van der Waals surface area contributed by atoms with E-state index in [0.717, 1.165) is 23.6 Å². The molecule has 1 N–H and O–H groups in total. The van der Waals surface area contributed by atoms with Gasteiger partial charge in [-0.1, -0.05) is 18.2 Å². The van der Waals surface area contributed by atoms with E-state index in [1.54, 1.807) is 17.5 Å². The third kappa shape index (κ3) is 3.20. The highest BCUT2D eigenvalue weighted by Crippen LogP contribution is 2.23. The van der Waals surface area contributed by atoms with Gasteiger partial charge in [0, 0.05) is 35.4 Å². The van der Waals surface area contributed by atoms with Crippen molar-refractivity contribution in [2.24, 2.45) is 0 Å². The Morgan fingerprint density at radius 3 is 3.00 bits per heavy atom. The zero-order chi connectivity index (χ0) is 14.7. The number of imidazole rings is 1. The number of amides is 1. The number of rotatable bonds is 4. The van der Waals surface area contributed by atoms with Crippen LogP contribution in [0.15, 0.2) is 54.2 Å². The molecule has 0 spiro atoms. The summed E-state index contributed by atoms with van der Waals surface area (Å²) in [6.07, 6.45) is 3.77. The second-order valence-electron chi connectivity index (χ2n) is 4.72. The van der Waals surface area contributed by atoms with Gasteiger partial charge in [0.2, 0.25) is 5.91 Å². The first-order valence-electron chi connectivity index (χ1n) is 6.64. The van der Waals surface area contributed by atoms with Gasteiger partial charge in [0.25, 0.3) is 0 Å². The molecule has 3 aromatic rings. The fraction of sp³-hybridized carbons (Fsp3) is 0.125. The van der Waals surface area contributed by atoms with Gasteiger partial charge in [0.1, 0.15) is 5.82 Å². The minimum absolute atomic E-state index is 0.0749. The van der Waals surface area contributed by atoms with Crippen molar-refractivity contribution in [2.45, 2.75) is 13.5 Å². The lowest BCUT2D eigenvalue weighted by Crippen LogP contribution is -2.06. The highest BCUT2D eigenvalue weighted by atomic mass is 32.1. The normalized spacial score (nSPS) is 10.5. The highest BCUT2D eigenvalue weighted by Gasteiger charge is 2.08. The summed E-state index contributed by atoms with van der Waals surface area (Å²) in [6, 6.07) is 11.9. The smallest absolute Gasteiger partial charge is 0.221 e. The van der Waals surface area contributed by atoms with Crippen molar-refractivity contribution in [3.05, 3.63) is 59.0 Å². The van der Waals surface area contributed by atoms with Crippen LogP contribution in [0.3, 0.4) is 0 Å². The van der Waals surface area contributed by atoms with E-state index in [0.29, 0.717) is 0 Å². The molecule has 3 rings (SSSR count). The second-order valence-corrected chi connectivity index (χ2v) is 5.75. The van der Waals surface area contributed by atoms with E-state index in [1.807, 2.05) is 36.5 Å². The van der Waals surface area contributed by atoms with Crippen LogP contribution in [0, 0.1) is 0 Å². The maximum absolute atomic E-state index is 11.2. The quantitative estimate of drug-likeness (QED) is 0.799. The molecule has 0 fully saturated rings. The standard InChI is InChI=1S/C16H15N3OS/c1-12(20)18-14-5-2-4-13(10-14)16-17-7-8-19(16)11-15-6-3-9-21-15/h2-10H,11H2,1H3,(H,18,20). The molecule has 4 nitrogen and oxygen atoms in total. The zero-order valence-electron chi connectivity index (χ0n) is 11.6. The maximum Gasteiger partial charge on any atom is 0.221 e. The van der Waals surface area contributed by atoms with Crippen LogP contribution >= 0.6 is 11.3 Å². The Balaban J connectivity index is 1.90. The number of hydrogen-bond acceptors (Lipinski definition) is 3. The summed E-state index contributed by atoms with van der Waals surface area (Å²) >= 11 is 1.73. The van der Waals surface area contributed by atoms with Gasteiger partial charge in [-0.25, -0.2) is 4.98 Å². The molecule has 5 heteroatoms. The van der Waals surface area contributed by atoms with Crippen LogP contribution in [0.2, 0.25) is 0 Å². The van der Waals surface area contributed by atoms with Gasteiger partial charge < -0.3 is 9.88 Å². The molecule has 0 aliphatic rings. The number of thiophene rings is 1. The predicted octanol–water partition coefficient (Wildman–Crippen LogP) is 3.62. The summed E-state index contributed by atoms with van der Waals surface area (Å²) < 4.78 is 2.11. The molecule has 2 aromatic heterocycles. The molecule has 0 saturated heterocycles. The highest BCUT2D eigenvalue weighted by molar-refractivity contribution is 7.09. The molecule has 1 amide bonds. The molecular weight excluding hydrogens is 282 g/mol. The van der Waals surface area contributed by atoms with Crippen molar-refractivity contribution >= 4 is 22.9 Å². The summed E-state index contributed by atoms with van der Waals surface area (Å²) in [6.45, 7) is 2.31. The zero-order valence-corrected chi connectivity index (χ0v) is 12.4. The summed E-state index contributed by atoms with van der Waals surface area (Å²) in [5.41, 5.74) is 1.77. The SMILES string of the molecule is CC(=O)Nc1cccc(-c2nccn2Cc2cccs2)c1. The molecule has 0 aliphatic heterocycles. The minimum atomic E-state index is -0.0749. The van der Waals surface area contributed by atoms with Crippen molar-refractivity contribution in [2.75, 3.05) is 5.32 Å². The average Bonchev–Trinajstić information content (AvgIpc) is 3.10. The molecular formula is C16H15N3OS. The third-order valence-electron chi connectivity index (χ3n) is 3.06. The fourth-order valence-corrected chi connectivity index (χ4v) is 2.91. The Hall–Kier alpha value is -2.40. The van der Waals surface area contributed by atoms with Crippen molar-refractivity contribution in [3.8, 4) is 11.4 Å². The number of carbonyl (C=O) groups excluding carboxylic acids is 1. The molecule has 106 valence electrons. The summed E-state index contributed by atoms with van der Waals surface area (Å²) in [4.78, 5) is 16.9. The van der Waals surface area contributed by atoms with E-state index in [-0.39, 0.29) is 5.91 Å². The fourth-order valence-electron chi connectivity index (χ4n) is 2.21. The lowest BCUT2D eigenvalue weighted by atomic mass is 10.2. The van der Waals surface area contributed by atoms with Crippen molar-refractivity contribution in [1.29, 1.82) is 0 Å². The molecule has 2 heterocycles. The lowest BCUT2D eigenvalue weighted by molar-refractivity contribution is -0.114. The molecule has 21 heavy (non-hydrogen) atoms. The van der Waals surface area contributed by atoms with Gasteiger partial charge in [0.05, 0.1) is 6.54 Å². The molecule has 0 radical (unpaired) electrons. The first kappa shape index (κ1) is 13.6. The van der Waals surface area contributed by atoms with Crippen LogP contribution in [0.5, 0.6) is 0 Å². The number of hydrogen-bond donors (Lipinski definition) is 1. The van der Waals surface area contributed by atoms with Crippen LogP contribution in [0.4, 0.5) is 5.69 Å². The topological polar surface area (TPSA) is 46.9 Å². The number of carbonyl (C=O) groups is 1. The van der Waals surface area contributed by atoms with Gasteiger partial charge in [-0.15, -0.1) is 11.3 Å². The Morgan fingerprint density at radius 1 is 1.33 bits per heavy atom. The van der Waals surface area contributed by atoms with E-state index in [4.69, 9.17) is 0 Å². The van der Waals surface area contributed by atoms with Gasteiger partial charge in [-0.3, -0.25) is 4.79 Å². The number of anilines is 1.